The van der Waals surface area contributed by atoms with Crippen LogP contribution in [0.2, 0.25) is 0 Å². The Balaban J connectivity index is 1.96. The van der Waals surface area contributed by atoms with Gasteiger partial charge in [0.05, 0.1) is 6.54 Å². The number of guanidine groups is 1. The maximum Gasteiger partial charge on any atom is 0.194 e. The highest BCUT2D eigenvalue weighted by molar-refractivity contribution is 8.00. The summed E-state index contributed by atoms with van der Waals surface area (Å²) in [7, 11) is 1.83. The minimum Gasteiger partial charge on any atom is -0.349 e. The molecule has 20 heavy (non-hydrogen) atoms. The molecule has 6 nitrogen and oxygen atoms in total. The van der Waals surface area contributed by atoms with E-state index in [1.54, 1.807) is 6.33 Å². The van der Waals surface area contributed by atoms with Gasteiger partial charge in [0.2, 0.25) is 0 Å². The second kappa shape index (κ2) is 6.47. The summed E-state index contributed by atoms with van der Waals surface area (Å²) in [5.74, 6) is 3.03. The number of nitrogens with one attached hydrogen (secondary N) is 1. The number of aryl methyl sites for hydroxylation is 1. The maximum absolute atomic E-state index is 4.40. The van der Waals surface area contributed by atoms with Crippen LogP contribution in [0.5, 0.6) is 0 Å². The maximum atomic E-state index is 4.40. The summed E-state index contributed by atoms with van der Waals surface area (Å²) in [6, 6.07) is 0. The zero-order valence-corrected chi connectivity index (χ0v) is 13.6. The molecule has 0 radical (unpaired) electrons. The molecule has 1 N–H and O–H groups in total. The second-order valence-corrected chi connectivity index (χ2v) is 7.27. The third kappa shape index (κ3) is 3.65. The van der Waals surface area contributed by atoms with Crippen molar-refractivity contribution in [2.75, 3.05) is 25.9 Å². The van der Waals surface area contributed by atoms with Crippen molar-refractivity contribution in [3.8, 4) is 0 Å². The Morgan fingerprint density at radius 1 is 1.55 bits per heavy atom. The Bertz CT molecular complexity index is 467. The van der Waals surface area contributed by atoms with Gasteiger partial charge >= 0.3 is 0 Å². The molecule has 0 aromatic carbocycles. The first-order chi connectivity index (χ1) is 9.55. The summed E-state index contributed by atoms with van der Waals surface area (Å²) in [6.45, 7) is 10.2. The highest BCUT2D eigenvalue weighted by atomic mass is 32.2. The molecule has 1 fully saturated rings. The number of hydrogen-bond donors (Lipinski definition) is 1. The average Bonchev–Trinajstić information content (AvgIpc) is 2.86. The summed E-state index contributed by atoms with van der Waals surface area (Å²) in [5.41, 5.74) is 0. The summed E-state index contributed by atoms with van der Waals surface area (Å²) >= 11 is 2.02. The van der Waals surface area contributed by atoms with Gasteiger partial charge in [-0.15, -0.1) is 10.2 Å². The Labute approximate surface area is 125 Å². The highest BCUT2D eigenvalue weighted by Gasteiger charge is 2.28. The van der Waals surface area contributed by atoms with Gasteiger partial charge in [-0.1, -0.05) is 0 Å². The molecule has 0 aliphatic carbocycles. The van der Waals surface area contributed by atoms with Crippen molar-refractivity contribution in [1.29, 1.82) is 0 Å². The fourth-order valence-corrected chi connectivity index (χ4v) is 3.48. The topological polar surface area (TPSA) is 58.3 Å². The molecule has 1 aromatic rings. The van der Waals surface area contributed by atoms with Crippen LogP contribution in [-0.4, -0.2) is 56.3 Å². The summed E-state index contributed by atoms with van der Waals surface area (Å²) in [5, 5.41) is 11.5. The second-order valence-electron chi connectivity index (χ2n) is 5.46. The fraction of sp³-hybridized carbons (Fsp3) is 0.769. The minimum absolute atomic E-state index is 0.277. The van der Waals surface area contributed by atoms with Gasteiger partial charge < -0.3 is 14.8 Å². The van der Waals surface area contributed by atoms with Crippen molar-refractivity contribution >= 4 is 17.7 Å². The Morgan fingerprint density at radius 3 is 3.00 bits per heavy atom. The standard InChI is InChI=1S/C13H24N6S/c1-5-18-10-16-17-11(18)8-15-12(14-4)19-6-7-20-13(2,3)9-19/h10H,5-9H2,1-4H3,(H,14,15). The van der Waals surface area contributed by atoms with Crippen LogP contribution in [0.15, 0.2) is 11.3 Å². The molecule has 1 aliphatic rings. The van der Waals surface area contributed by atoms with E-state index in [2.05, 4.69) is 46.2 Å². The zero-order chi connectivity index (χ0) is 14.6. The molecule has 7 heteroatoms. The first-order valence-electron chi connectivity index (χ1n) is 7.02. The summed E-state index contributed by atoms with van der Waals surface area (Å²) in [4.78, 5) is 6.72. The van der Waals surface area contributed by atoms with Crippen molar-refractivity contribution < 1.29 is 0 Å². The van der Waals surface area contributed by atoms with Crippen molar-refractivity contribution in [2.24, 2.45) is 4.99 Å². The molecule has 0 unspecified atom stereocenters. The molecular weight excluding hydrogens is 272 g/mol. The van der Waals surface area contributed by atoms with Crippen LogP contribution >= 0.6 is 11.8 Å². The molecule has 0 atom stereocenters. The Kier molecular flexibility index (Phi) is 4.91. The Morgan fingerprint density at radius 2 is 2.35 bits per heavy atom. The predicted octanol–water partition coefficient (Wildman–Crippen LogP) is 1.20. The van der Waals surface area contributed by atoms with Crippen molar-refractivity contribution in [3.05, 3.63) is 12.2 Å². The van der Waals surface area contributed by atoms with E-state index < -0.39 is 0 Å². The van der Waals surface area contributed by atoms with Crippen molar-refractivity contribution in [2.45, 2.75) is 38.6 Å². The Hall–Kier alpha value is -1.24. The molecule has 112 valence electrons. The van der Waals surface area contributed by atoms with E-state index in [4.69, 9.17) is 0 Å². The molecule has 0 spiro atoms. The van der Waals surface area contributed by atoms with Crippen LogP contribution in [0.1, 0.15) is 26.6 Å². The monoisotopic (exact) mass is 296 g/mol. The van der Waals surface area contributed by atoms with Crippen LogP contribution in [0.25, 0.3) is 0 Å². The molecule has 0 bridgehead atoms. The van der Waals surface area contributed by atoms with E-state index in [9.17, 15) is 0 Å². The SMILES string of the molecule is CCn1cnnc1CNC(=NC)N1CCSC(C)(C)C1. The van der Waals surface area contributed by atoms with E-state index in [-0.39, 0.29) is 4.75 Å². The van der Waals surface area contributed by atoms with Gasteiger partial charge in [-0.25, -0.2) is 0 Å². The predicted molar refractivity (Wildman–Crippen MR) is 84.0 cm³/mol. The molecule has 1 aromatic heterocycles. The molecule has 2 rings (SSSR count). The molecule has 0 amide bonds. The zero-order valence-electron chi connectivity index (χ0n) is 12.8. The van der Waals surface area contributed by atoms with Gasteiger partial charge in [-0.05, 0) is 20.8 Å². The van der Waals surface area contributed by atoms with E-state index >= 15 is 0 Å². The van der Waals surface area contributed by atoms with Gasteiger partial charge in [0.1, 0.15) is 6.33 Å². The van der Waals surface area contributed by atoms with E-state index in [0.29, 0.717) is 6.54 Å². The number of nitrogens with zero attached hydrogens (tertiary/aromatic N) is 5. The first kappa shape index (κ1) is 15.2. The van der Waals surface area contributed by atoms with Gasteiger partial charge in [0.25, 0.3) is 0 Å². The lowest BCUT2D eigenvalue weighted by Gasteiger charge is -2.39. The van der Waals surface area contributed by atoms with Gasteiger partial charge in [-0.3, -0.25) is 4.99 Å². The molecule has 0 saturated carbocycles. The van der Waals surface area contributed by atoms with Crippen LogP contribution < -0.4 is 5.32 Å². The summed E-state index contributed by atoms with van der Waals surface area (Å²) in [6.07, 6.45) is 1.76. The quantitative estimate of drug-likeness (QED) is 0.671. The lowest BCUT2D eigenvalue weighted by Crippen LogP contribution is -2.50. The smallest absolute Gasteiger partial charge is 0.194 e. The van der Waals surface area contributed by atoms with Crippen molar-refractivity contribution in [3.63, 3.8) is 0 Å². The van der Waals surface area contributed by atoms with Crippen LogP contribution in [0.3, 0.4) is 0 Å². The number of aliphatic imine (C=N–C) groups is 1. The molecular formula is C13H24N6S. The molecule has 1 aliphatic heterocycles. The van der Waals surface area contributed by atoms with Gasteiger partial charge in [-0.2, -0.15) is 11.8 Å². The van der Waals surface area contributed by atoms with Crippen LogP contribution in [-0.2, 0) is 13.1 Å². The number of aromatic nitrogens is 3. The highest BCUT2D eigenvalue weighted by Crippen LogP contribution is 2.29. The first-order valence-corrected chi connectivity index (χ1v) is 8.00. The summed E-state index contributed by atoms with van der Waals surface area (Å²) < 4.78 is 2.32. The lowest BCUT2D eigenvalue weighted by atomic mass is 10.2. The average molecular weight is 296 g/mol. The van der Waals surface area contributed by atoms with Gasteiger partial charge in [0, 0.05) is 37.2 Å². The van der Waals surface area contributed by atoms with Gasteiger partial charge in [0.15, 0.2) is 11.8 Å². The number of hydrogen-bond acceptors (Lipinski definition) is 4. The van der Waals surface area contributed by atoms with E-state index in [1.807, 2.05) is 23.4 Å². The van der Waals surface area contributed by atoms with Crippen LogP contribution in [0.4, 0.5) is 0 Å². The molecule has 1 saturated heterocycles. The van der Waals surface area contributed by atoms with E-state index in [1.165, 1.54) is 0 Å². The minimum atomic E-state index is 0.277. The van der Waals surface area contributed by atoms with E-state index in [0.717, 1.165) is 37.2 Å². The lowest BCUT2D eigenvalue weighted by molar-refractivity contribution is 0.375. The largest absolute Gasteiger partial charge is 0.349 e. The third-order valence-electron chi connectivity index (χ3n) is 3.38. The van der Waals surface area contributed by atoms with Crippen molar-refractivity contribution in [1.82, 2.24) is 25.0 Å². The van der Waals surface area contributed by atoms with Crippen LogP contribution in [0, 0.1) is 0 Å². The molecule has 2 heterocycles. The fourth-order valence-electron chi connectivity index (χ4n) is 2.37. The third-order valence-corrected chi connectivity index (χ3v) is 4.68. The normalized spacial score (nSPS) is 19.2. The number of rotatable bonds is 3. The number of thioether (sulfide) groups is 1.